The fraction of sp³-hybridized carbons (Fsp3) is 0.739. The smallest absolute Gasteiger partial charge is 0.0630 e. The SMILES string of the molecule is CCC1(C(O)C/C=C/C2[C@@H](CCCc3ccc(C)s3)CC[C@H]2I)CCC1. The zero-order valence-corrected chi connectivity index (χ0v) is 19.4. The van der Waals surface area contributed by atoms with Crippen LogP contribution < -0.4 is 0 Å². The monoisotopic (exact) mass is 486 g/mol. The molecule has 2 unspecified atom stereocenters. The van der Waals surface area contributed by atoms with Gasteiger partial charge in [0.25, 0.3) is 0 Å². The van der Waals surface area contributed by atoms with E-state index in [1.165, 1.54) is 56.2 Å². The van der Waals surface area contributed by atoms with Crippen molar-refractivity contribution in [2.24, 2.45) is 17.3 Å². The number of halogens is 1. The number of rotatable bonds is 9. The fourth-order valence-corrected chi connectivity index (χ4v) is 7.11. The number of hydrogen-bond donors (Lipinski definition) is 1. The summed E-state index contributed by atoms with van der Waals surface area (Å²) in [5, 5.41) is 10.6. The van der Waals surface area contributed by atoms with E-state index < -0.39 is 0 Å². The van der Waals surface area contributed by atoms with Crippen molar-refractivity contribution >= 4 is 33.9 Å². The molecule has 2 aliphatic carbocycles. The second kappa shape index (κ2) is 9.56. The van der Waals surface area contributed by atoms with Crippen molar-refractivity contribution in [3.8, 4) is 0 Å². The fourth-order valence-electron chi connectivity index (χ4n) is 4.99. The minimum Gasteiger partial charge on any atom is -0.392 e. The molecule has 1 N–H and O–H groups in total. The molecular weight excluding hydrogens is 451 g/mol. The standard InChI is InChI=1S/C23H35IOS/c1-3-23(15-6-16-23)22(25)10-5-9-20-18(12-14-21(20)24)7-4-8-19-13-11-17(2)26-19/h5,9,11,13,18,20-22,25H,3-4,6-8,10,12,14-16H2,1-2H3/b9-5+/t18-,20?,21+,22?/m0/s1. The minimum atomic E-state index is -0.132. The highest BCUT2D eigenvalue weighted by molar-refractivity contribution is 14.1. The van der Waals surface area contributed by atoms with Gasteiger partial charge in [-0.25, -0.2) is 0 Å². The molecular formula is C23H35IOS. The molecule has 1 heterocycles. The Morgan fingerprint density at radius 2 is 2.15 bits per heavy atom. The summed E-state index contributed by atoms with van der Waals surface area (Å²) in [7, 11) is 0. The summed E-state index contributed by atoms with van der Waals surface area (Å²) in [6, 6.07) is 4.55. The van der Waals surface area contributed by atoms with E-state index in [0.717, 1.165) is 22.7 Å². The zero-order valence-electron chi connectivity index (χ0n) is 16.4. The minimum absolute atomic E-state index is 0.132. The Labute approximate surface area is 177 Å². The van der Waals surface area contributed by atoms with Crippen LogP contribution in [0.4, 0.5) is 0 Å². The maximum absolute atomic E-state index is 10.6. The van der Waals surface area contributed by atoms with Gasteiger partial charge in [0.15, 0.2) is 0 Å². The zero-order chi connectivity index (χ0) is 18.6. The van der Waals surface area contributed by atoms with Crippen LogP contribution in [0.2, 0.25) is 0 Å². The quantitative estimate of drug-likeness (QED) is 0.224. The Morgan fingerprint density at radius 1 is 1.35 bits per heavy atom. The molecule has 2 aliphatic rings. The van der Waals surface area contributed by atoms with Gasteiger partial charge in [-0.1, -0.05) is 48.1 Å². The Hall–Kier alpha value is 0.130. The summed E-state index contributed by atoms with van der Waals surface area (Å²) < 4.78 is 0.777. The number of aliphatic hydroxyl groups is 1. The summed E-state index contributed by atoms with van der Waals surface area (Å²) in [6.45, 7) is 4.45. The number of aliphatic hydroxyl groups excluding tert-OH is 1. The highest BCUT2D eigenvalue weighted by Gasteiger charge is 2.41. The third-order valence-corrected chi connectivity index (χ3v) is 9.56. The average Bonchev–Trinajstić information content (AvgIpc) is 3.14. The lowest BCUT2D eigenvalue weighted by Crippen LogP contribution is -2.40. The molecule has 4 atom stereocenters. The highest BCUT2D eigenvalue weighted by atomic mass is 127. The molecule has 146 valence electrons. The average molecular weight is 487 g/mol. The van der Waals surface area contributed by atoms with Crippen LogP contribution in [0.3, 0.4) is 0 Å². The van der Waals surface area contributed by atoms with Gasteiger partial charge in [-0.15, -0.1) is 11.3 Å². The third-order valence-electron chi connectivity index (χ3n) is 7.05. The lowest BCUT2D eigenvalue weighted by Gasteiger charge is -2.45. The molecule has 2 saturated carbocycles. The van der Waals surface area contributed by atoms with Crippen LogP contribution in [0.15, 0.2) is 24.3 Å². The summed E-state index contributed by atoms with van der Waals surface area (Å²) in [4.78, 5) is 2.98. The van der Waals surface area contributed by atoms with E-state index in [2.05, 4.69) is 60.7 Å². The first-order valence-electron chi connectivity index (χ1n) is 10.6. The first-order chi connectivity index (χ1) is 12.5. The van der Waals surface area contributed by atoms with Crippen LogP contribution in [-0.4, -0.2) is 15.1 Å². The Balaban J connectivity index is 1.47. The molecule has 0 amide bonds. The molecule has 2 fully saturated rings. The predicted octanol–water partition coefficient (Wildman–Crippen LogP) is 7.10. The second-order valence-electron chi connectivity index (χ2n) is 8.58. The van der Waals surface area contributed by atoms with E-state index in [4.69, 9.17) is 0 Å². The van der Waals surface area contributed by atoms with E-state index in [-0.39, 0.29) is 11.5 Å². The Kier molecular flexibility index (Phi) is 7.66. The molecule has 1 aromatic heterocycles. The van der Waals surface area contributed by atoms with Crippen molar-refractivity contribution in [3.63, 3.8) is 0 Å². The van der Waals surface area contributed by atoms with Gasteiger partial charge in [-0.2, -0.15) is 0 Å². The Morgan fingerprint density at radius 3 is 2.77 bits per heavy atom. The van der Waals surface area contributed by atoms with Crippen molar-refractivity contribution in [2.45, 2.75) is 88.1 Å². The van der Waals surface area contributed by atoms with E-state index >= 15 is 0 Å². The molecule has 0 aliphatic heterocycles. The van der Waals surface area contributed by atoms with Crippen molar-refractivity contribution < 1.29 is 5.11 Å². The van der Waals surface area contributed by atoms with E-state index in [9.17, 15) is 5.11 Å². The molecule has 26 heavy (non-hydrogen) atoms. The number of thiophene rings is 1. The van der Waals surface area contributed by atoms with Crippen molar-refractivity contribution in [3.05, 3.63) is 34.0 Å². The highest BCUT2D eigenvalue weighted by Crippen LogP contribution is 2.48. The predicted molar refractivity (Wildman–Crippen MR) is 122 cm³/mol. The summed E-state index contributed by atoms with van der Waals surface area (Å²) >= 11 is 4.62. The number of alkyl halides is 1. The van der Waals surface area contributed by atoms with E-state index in [1.807, 2.05) is 11.3 Å². The maximum Gasteiger partial charge on any atom is 0.0630 e. The first-order valence-corrected chi connectivity index (χ1v) is 12.6. The lowest BCUT2D eigenvalue weighted by atomic mass is 9.63. The largest absolute Gasteiger partial charge is 0.392 e. The van der Waals surface area contributed by atoms with E-state index in [0.29, 0.717) is 5.92 Å². The molecule has 0 spiro atoms. The van der Waals surface area contributed by atoms with E-state index in [1.54, 1.807) is 4.88 Å². The third kappa shape index (κ3) is 4.94. The van der Waals surface area contributed by atoms with Crippen LogP contribution >= 0.6 is 33.9 Å². The molecule has 3 heteroatoms. The number of hydrogen-bond acceptors (Lipinski definition) is 2. The maximum atomic E-state index is 10.6. The molecule has 0 aromatic carbocycles. The van der Waals surface area contributed by atoms with Crippen LogP contribution in [0.1, 0.15) is 74.5 Å². The van der Waals surface area contributed by atoms with Crippen molar-refractivity contribution in [2.75, 3.05) is 0 Å². The summed E-state index contributed by atoms with van der Waals surface area (Å²) in [5.41, 5.74) is 0.238. The topological polar surface area (TPSA) is 20.2 Å². The van der Waals surface area contributed by atoms with Crippen LogP contribution in [0.25, 0.3) is 0 Å². The van der Waals surface area contributed by atoms with Gasteiger partial charge in [0, 0.05) is 13.7 Å². The van der Waals surface area contributed by atoms with Crippen molar-refractivity contribution in [1.82, 2.24) is 0 Å². The molecule has 3 rings (SSSR count). The number of allylic oxidation sites excluding steroid dienone is 1. The Bertz CT molecular complexity index is 583. The first kappa shape index (κ1) is 20.9. The molecule has 0 bridgehead atoms. The molecule has 0 radical (unpaired) electrons. The van der Waals surface area contributed by atoms with Gasteiger partial charge >= 0.3 is 0 Å². The number of aryl methyl sites for hydroxylation is 2. The summed E-state index contributed by atoms with van der Waals surface area (Å²) in [5.74, 6) is 1.56. The van der Waals surface area contributed by atoms with Gasteiger partial charge in [0.2, 0.25) is 0 Å². The molecule has 1 aromatic rings. The molecule has 0 saturated heterocycles. The lowest BCUT2D eigenvalue weighted by molar-refractivity contribution is -0.0355. The van der Waals surface area contributed by atoms with Gasteiger partial charge in [-0.05, 0) is 94.1 Å². The van der Waals surface area contributed by atoms with Gasteiger partial charge < -0.3 is 5.11 Å². The molecule has 1 nitrogen and oxygen atoms in total. The van der Waals surface area contributed by atoms with Gasteiger partial charge in [0.1, 0.15) is 0 Å². The van der Waals surface area contributed by atoms with Gasteiger partial charge in [-0.3, -0.25) is 0 Å². The van der Waals surface area contributed by atoms with Crippen molar-refractivity contribution in [1.29, 1.82) is 0 Å². The van der Waals surface area contributed by atoms with Crippen LogP contribution in [0, 0.1) is 24.2 Å². The van der Waals surface area contributed by atoms with Crippen LogP contribution in [-0.2, 0) is 6.42 Å². The van der Waals surface area contributed by atoms with Gasteiger partial charge in [0.05, 0.1) is 6.10 Å². The normalized spacial score (nSPS) is 29.2. The second-order valence-corrected chi connectivity index (χ2v) is 11.6. The summed E-state index contributed by atoms with van der Waals surface area (Å²) in [6.07, 6.45) is 17.1. The van der Waals surface area contributed by atoms with Crippen LogP contribution in [0.5, 0.6) is 0 Å².